The van der Waals surface area contributed by atoms with E-state index in [2.05, 4.69) is 14.9 Å². The van der Waals surface area contributed by atoms with E-state index in [1.807, 2.05) is 0 Å². The molecule has 9 nitrogen and oxygen atoms in total. The zero-order valence-corrected chi connectivity index (χ0v) is 18.1. The number of piperidine rings is 1. The van der Waals surface area contributed by atoms with Crippen LogP contribution in [0.5, 0.6) is 5.75 Å². The Morgan fingerprint density at radius 3 is 2.76 bits per heavy atom. The molecule has 4 heterocycles. The molecular formula is C18H25ClN4O5S. The maximum absolute atomic E-state index is 13.0. The molecule has 2 atom stereocenters. The minimum Gasteiger partial charge on any atom is -0.486 e. The molecule has 0 radical (unpaired) electrons. The number of nitrogens with zero attached hydrogens (tertiary/aromatic N) is 4. The molecule has 0 N–H and O–H groups in total. The number of carbonyl (C=O) groups is 1. The minimum absolute atomic E-state index is 0.0730. The third kappa shape index (κ3) is 3.66. The second kappa shape index (κ2) is 8.23. The van der Waals surface area contributed by atoms with Crippen molar-refractivity contribution >= 4 is 34.3 Å². The van der Waals surface area contributed by atoms with E-state index in [0.29, 0.717) is 76.2 Å². The first kappa shape index (κ1) is 20.6. The summed E-state index contributed by atoms with van der Waals surface area (Å²) in [6.07, 6.45) is 2.27. The number of fused-ring (bicyclic) bond motifs is 3. The SMILES string of the molecule is CCOC(=O)N1CCC(c2nc(Cl)nc3c2OC[C@@H]2COCCN32)(S(C)=O)CC1. The highest BCUT2D eigenvalue weighted by Gasteiger charge is 2.47. The Morgan fingerprint density at radius 1 is 1.31 bits per heavy atom. The molecule has 3 aliphatic rings. The van der Waals surface area contributed by atoms with E-state index in [9.17, 15) is 9.00 Å². The van der Waals surface area contributed by atoms with Gasteiger partial charge in [0.05, 0.1) is 30.6 Å². The maximum Gasteiger partial charge on any atom is 0.409 e. The van der Waals surface area contributed by atoms with Crippen molar-refractivity contribution in [3.63, 3.8) is 0 Å². The summed E-state index contributed by atoms with van der Waals surface area (Å²) in [5.74, 6) is 1.18. The van der Waals surface area contributed by atoms with Gasteiger partial charge in [0, 0.05) is 36.7 Å². The summed E-state index contributed by atoms with van der Waals surface area (Å²) in [4.78, 5) is 24.8. The normalized spacial score (nSPS) is 24.2. The van der Waals surface area contributed by atoms with E-state index < -0.39 is 15.5 Å². The van der Waals surface area contributed by atoms with Crippen molar-refractivity contribution in [2.24, 2.45) is 0 Å². The van der Waals surface area contributed by atoms with Crippen LogP contribution in [0.4, 0.5) is 10.6 Å². The van der Waals surface area contributed by atoms with Crippen molar-refractivity contribution in [3.8, 4) is 5.75 Å². The van der Waals surface area contributed by atoms with Crippen molar-refractivity contribution < 1.29 is 23.2 Å². The van der Waals surface area contributed by atoms with Crippen LogP contribution in [0.2, 0.25) is 5.28 Å². The lowest BCUT2D eigenvalue weighted by molar-refractivity contribution is 0.0685. The fourth-order valence-corrected chi connectivity index (χ4v) is 5.56. The van der Waals surface area contributed by atoms with E-state index in [1.54, 1.807) is 18.1 Å². The molecule has 2 saturated heterocycles. The molecule has 1 aromatic rings. The van der Waals surface area contributed by atoms with Gasteiger partial charge in [-0.3, -0.25) is 4.21 Å². The lowest BCUT2D eigenvalue weighted by Gasteiger charge is -2.44. The van der Waals surface area contributed by atoms with Gasteiger partial charge >= 0.3 is 6.09 Å². The number of rotatable bonds is 3. The first-order valence-corrected chi connectivity index (χ1v) is 11.7. The number of ether oxygens (including phenoxy) is 3. The zero-order valence-electron chi connectivity index (χ0n) is 16.6. The van der Waals surface area contributed by atoms with Crippen LogP contribution in [0.15, 0.2) is 0 Å². The van der Waals surface area contributed by atoms with E-state index in [-0.39, 0.29) is 17.4 Å². The maximum atomic E-state index is 13.0. The lowest BCUT2D eigenvalue weighted by atomic mass is 9.91. The number of aromatic nitrogens is 2. The monoisotopic (exact) mass is 444 g/mol. The van der Waals surface area contributed by atoms with Gasteiger partial charge in [-0.2, -0.15) is 4.98 Å². The average Bonchev–Trinajstić information content (AvgIpc) is 2.73. The third-order valence-corrected chi connectivity index (χ3v) is 7.69. The number of hydrogen-bond acceptors (Lipinski definition) is 8. The number of anilines is 1. The van der Waals surface area contributed by atoms with Crippen LogP contribution < -0.4 is 9.64 Å². The molecule has 0 aliphatic carbocycles. The number of amides is 1. The summed E-state index contributed by atoms with van der Waals surface area (Å²) in [5, 5.41) is 0.104. The van der Waals surface area contributed by atoms with E-state index in [0.717, 1.165) is 0 Å². The molecule has 0 saturated carbocycles. The van der Waals surface area contributed by atoms with Gasteiger partial charge in [-0.1, -0.05) is 0 Å². The Morgan fingerprint density at radius 2 is 2.07 bits per heavy atom. The van der Waals surface area contributed by atoms with Gasteiger partial charge in [0.2, 0.25) is 5.28 Å². The number of carbonyl (C=O) groups excluding carboxylic acids is 1. The molecular weight excluding hydrogens is 420 g/mol. The molecule has 29 heavy (non-hydrogen) atoms. The summed E-state index contributed by atoms with van der Waals surface area (Å²) in [7, 11) is -1.26. The first-order valence-electron chi connectivity index (χ1n) is 9.76. The molecule has 1 amide bonds. The second-order valence-electron chi connectivity index (χ2n) is 7.36. The van der Waals surface area contributed by atoms with Crippen LogP contribution >= 0.6 is 11.6 Å². The summed E-state index contributed by atoms with van der Waals surface area (Å²) >= 11 is 6.30. The Kier molecular flexibility index (Phi) is 5.85. The van der Waals surface area contributed by atoms with Crippen molar-refractivity contribution in [2.75, 3.05) is 57.2 Å². The summed E-state index contributed by atoms with van der Waals surface area (Å²) in [6, 6.07) is 0.0730. The number of halogens is 1. The molecule has 2 fully saturated rings. The summed E-state index contributed by atoms with van der Waals surface area (Å²) in [6.45, 7) is 5.26. The topological polar surface area (TPSA) is 94.1 Å². The molecule has 1 aromatic heterocycles. The molecule has 4 rings (SSSR count). The molecule has 0 spiro atoms. The third-order valence-electron chi connectivity index (χ3n) is 5.82. The fourth-order valence-electron chi connectivity index (χ4n) is 4.23. The predicted octanol–water partition coefficient (Wildman–Crippen LogP) is 1.55. The van der Waals surface area contributed by atoms with Crippen molar-refractivity contribution in [1.29, 1.82) is 0 Å². The molecule has 0 bridgehead atoms. The molecule has 1 unspecified atom stereocenters. The standard InChI is InChI=1S/C18H25ClN4O5S/c1-3-27-17(24)22-6-4-18(5-7-22,29(2)25)14-13-15(21-16(19)20-14)23-8-9-26-10-12(23)11-28-13/h12H,3-11H2,1-2H3/t12-,29?/m0/s1. The van der Waals surface area contributed by atoms with Gasteiger partial charge in [0.15, 0.2) is 11.6 Å². The van der Waals surface area contributed by atoms with Crippen LogP contribution in [0.1, 0.15) is 25.5 Å². The molecule has 11 heteroatoms. The van der Waals surface area contributed by atoms with E-state index in [1.165, 1.54) is 0 Å². The second-order valence-corrected chi connectivity index (χ2v) is 9.39. The lowest BCUT2D eigenvalue weighted by Crippen LogP contribution is -2.52. The van der Waals surface area contributed by atoms with Gasteiger partial charge in [0.1, 0.15) is 12.3 Å². The quantitative estimate of drug-likeness (QED) is 0.648. The van der Waals surface area contributed by atoms with Crippen molar-refractivity contribution in [1.82, 2.24) is 14.9 Å². The van der Waals surface area contributed by atoms with Crippen molar-refractivity contribution in [2.45, 2.75) is 30.6 Å². The molecule has 0 aromatic carbocycles. The number of likely N-dealkylation sites (tertiary alicyclic amines) is 1. The number of hydrogen-bond donors (Lipinski definition) is 0. The Bertz CT molecular complexity index is 818. The van der Waals surface area contributed by atoms with Gasteiger partial charge in [-0.25, -0.2) is 9.78 Å². The van der Waals surface area contributed by atoms with Gasteiger partial charge < -0.3 is 24.0 Å². The molecule has 160 valence electrons. The smallest absolute Gasteiger partial charge is 0.409 e. The Balaban J connectivity index is 1.70. The highest BCUT2D eigenvalue weighted by Crippen LogP contribution is 2.46. The van der Waals surface area contributed by atoms with Crippen LogP contribution in [-0.2, 0) is 25.0 Å². The predicted molar refractivity (Wildman–Crippen MR) is 108 cm³/mol. The first-order chi connectivity index (χ1) is 14.0. The zero-order chi connectivity index (χ0) is 20.6. The van der Waals surface area contributed by atoms with E-state index >= 15 is 0 Å². The summed E-state index contributed by atoms with van der Waals surface area (Å²) in [5.41, 5.74) is 0.571. The van der Waals surface area contributed by atoms with Crippen LogP contribution in [-0.4, -0.2) is 83.5 Å². The summed E-state index contributed by atoms with van der Waals surface area (Å²) < 4.78 is 28.9. The fraction of sp³-hybridized carbons (Fsp3) is 0.722. The van der Waals surface area contributed by atoms with Gasteiger partial charge in [-0.15, -0.1) is 0 Å². The van der Waals surface area contributed by atoms with Crippen LogP contribution in [0.25, 0.3) is 0 Å². The van der Waals surface area contributed by atoms with Crippen LogP contribution in [0.3, 0.4) is 0 Å². The van der Waals surface area contributed by atoms with E-state index in [4.69, 9.17) is 25.8 Å². The van der Waals surface area contributed by atoms with Crippen LogP contribution in [0, 0.1) is 0 Å². The minimum atomic E-state index is -1.26. The number of morpholine rings is 1. The van der Waals surface area contributed by atoms with Crippen molar-refractivity contribution in [3.05, 3.63) is 11.0 Å². The Labute approximate surface area is 177 Å². The largest absolute Gasteiger partial charge is 0.486 e. The Hall–Kier alpha value is -1.65. The van der Waals surface area contributed by atoms with Gasteiger partial charge in [0.25, 0.3) is 0 Å². The highest BCUT2D eigenvalue weighted by molar-refractivity contribution is 7.85. The van der Waals surface area contributed by atoms with Gasteiger partial charge in [-0.05, 0) is 31.4 Å². The highest BCUT2D eigenvalue weighted by atomic mass is 35.5. The molecule has 3 aliphatic heterocycles. The average molecular weight is 445 g/mol.